The Labute approximate surface area is 167 Å². The van der Waals surface area contributed by atoms with E-state index < -0.39 is 10.0 Å². The lowest BCUT2D eigenvalue weighted by atomic mass is 9.98. The highest BCUT2D eigenvalue weighted by Crippen LogP contribution is 2.24. The standard InChI is InChI=1S/C22H28N2O3S/c1-16-10-11-21(18(3)13-16)23-22(25)19-9-6-12-24(14-19)28(26,27)15-20-8-5-4-7-17(20)2/h4-5,7-8,10-11,13,19H,6,9,12,14-15H2,1-3H3,(H,23,25)/t19-/m1/s1. The fraction of sp³-hybridized carbons (Fsp3) is 0.409. The minimum atomic E-state index is -3.46. The summed E-state index contributed by atoms with van der Waals surface area (Å²) < 4.78 is 27.3. The van der Waals surface area contributed by atoms with Crippen LogP contribution in [0.2, 0.25) is 0 Å². The molecule has 0 radical (unpaired) electrons. The number of sulfonamides is 1. The quantitative estimate of drug-likeness (QED) is 0.830. The van der Waals surface area contributed by atoms with Crippen molar-refractivity contribution >= 4 is 21.6 Å². The lowest BCUT2D eigenvalue weighted by molar-refractivity contribution is -0.120. The third-order valence-corrected chi connectivity index (χ3v) is 7.18. The number of nitrogens with zero attached hydrogens (tertiary/aromatic N) is 1. The van der Waals surface area contributed by atoms with Gasteiger partial charge in [-0.25, -0.2) is 12.7 Å². The molecule has 0 aromatic heterocycles. The summed E-state index contributed by atoms with van der Waals surface area (Å²) in [6.07, 6.45) is 1.39. The van der Waals surface area contributed by atoms with E-state index in [9.17, 15) is 13.2 Å². The Bertz CT molecular complexity index is 969. The minimum Gasteiger partial charge on any atom is -0.326 e. The Hall–Kier alpha value is -2.18. The summed E-state index contributed by atoms with van der Waals surface area (Å²) in [5, 5.41) is 2.98. The summed E-state index contributed by atoms with van der Waals surface area (Å²) in [5.74, 6) is -0.464. The second-order valence-corrected chi connectivity index (χ2v) is 9.66. The second kappa shape index (κ2) is 8.45. The van der Waals surface area contributed by atoms with Crippen LogP contribution in [0.25, 0.3) is 0 Å². The number of benzene rings is 2. The Morgan fingerprint density at radius 1 is 1.11 bits per heavy atom. The van der Waals surface area contributed by atoms with Gasteiger partial charge in [-0.3, -0.25) is 4.79 Å². The largest absolute Gasteiger partial charge is 0.326 e. The van der Waals surface area contributed by atoms with Crippen molar-refractivity contribution in [2.24, 2.45) is 5.92 Å². The number of hydrogen-bond acceptors (Lipinski definition) is 3. The van der Waals surface area contributed by atoms with Gasteiger partial charge in [-0.15, -0.1) is 0 Å². The number of aryl methyl sites for hydroxylation is 3. The van der Waals surface area contributed by atoms with Crippen molar-refractivity contribution in [2.45, 2.75) is 39.4 Å². The highest BCUT2D eigenvalue weighted by atomic mass is 32.2. The topological polar surface area (TPSA) is 66.5 Å². The number of nitrogens with one attached hydrogen (secondary N) is 1. The van der Waals surface area contributed by atoms with E-state index in [4.69, 9.17) is 0 Å². The van der Waals surface area contributed by atoms with Gasteiger partial charge in [0.25, 0.3) is 0 Å². The normalized spacial score (nSPS) is 18.0. The molecule has 28 heavy (non-hydrogen) atoms. The van der Waals surface area contributed by atoms with E-state index in [1.165, 1.54) is 4.31 Å². The van der Waals surface area contributed by atoms with E-state index in [1.54, 1.807) is 0 Å². The molecule has 1 heterocycles. The molecule has 1 atom stereocenters. The highest BCUT2D eigenvalue weighted by Gasteiger charge is 2.32. The van der Waals surface area contributed by atoms with Crippen LogP contribution in [0.5, 0.6) is 0 Å². The van der Waals surface area contributed by atoms with Crippen molar-refractivity contribution in [1.82, 2.24) is 4.31 Å². The number of hydrogen-bond donors (Lipinski definition) is 1. The van der Waals surface area contributed by atoms with Crippen LogP contribution >= 0.6 is 0 Å². The zero-order chi connectivity index (χ0) is 20.3. The van der Waals surface area contributed by atoms with Gasteiger partial charge < -0.3 is 5.32 Å². The van der Waals surface area contributed by atoms with Crippen LogP contribution in [-0.4, -0.2) is 31.7 Å². The molecular weight excluding hydrogens is 372 g/mol. The lowest BCUT2D eigenvalue weighted by Gasteiger charge is -2.31. The SMILES string of the molecule is Cc1ccc(NC(=O)[C@@H]2CCCN(S(=O)(=O)Cc3ccccc3C)C2)c(C)c1. The molecule has 1 aliphatic heterocycles. The van der Waals surface area contributed by atoms with Gasteiger partial charge in [0, 0.05) is 18.8 Å². The molecule has 2 aromatic carbocycles. The Kier molecular flexibility index (Phi) is 6.20. The van der Waals surface area contributed by atoms with Crippen LogP contribution in [0.15, 0.2) is 42.5 Å². The van der Waals surface area contributed by atoms with Gasteiger partial charge in [-0.05, 0) is 56.4 Å². The summed E-state index contributed by atoms with van der Waals surface area (Å²) in [7, 11) is -3.46. The average Bonchev–Trinajstić information content (AvgIpc) is 2.66. The molecule has 0 bridgehead atoms. The number of piperidine rings is 1. The first-order valence-corrected chi connectivity index (χ1v) is 11.3. The molecule has 1 N–H and O–H groups in total. The van der Waals surface area contributed by atoms with E-state index in [0.717, 1.165) is 27.9 Å². The Morgan fingerprint density at radius 2 is 1.86 bits per heavy atom. The molecule has 0 aliphatic carbocycles. The van der Waals surface area contributed by atoms with Gasteiger partial charge in [0.15, 0.2) is 0 Å². The summed E-state index contributed by atoms with van der Waals surface area (Å²) in [5.41, 5.74) is 4.71. The van der Waals surface area contributed by atoms with Crippen molar-refractivity contribution in [2.75, 3.05) is 18.4 Å². The van der Waals surface area contributed by atoms with E-state index in [1.807, 2.05) is 63.2 Å². The maximum absolute atomic E-state index is 12.9. The number of amides is 1. The summed E-state index contributed by atoms with van der Waals surface area (Å²) in [4.78, 5) is 12.8. The number of rotatable bonds is 5. The molecular formula is C22H28N2O3S. The van der Waals surface area contributed by atoms with Crippen LogP contribution in [0.4, 0.5) is 5.69 Å². The predicted octanol–water partition coefficient (Wildman–Crippen LogP) is 3.79. The maximum Gasteiger partial charge on any atom is 0.228 e. The first-order chi connectivity index (χ1) is 13.3. The van der Waals surface area contributed by atoms with Crippen LogP contribution in [0, 0.1) is 26.7 Å². The molecule has 2 aromatic rings. The smallest absolute Gasteiger partial charge is 0.228 e. The molecule has 0 spiro atoms. The van der Waals surface area contributed by atoms with Gasteiger partial charge in [0.1, 0.15) is 0 Å². The van der Waals surface area contributed by atoms with E-state index in [-0.39, 0.29) is 24.1 Å². The second-order valence-electron chi connectivity index (χ2n) is 7.69. The Morgan fingerprint density at radius 3 is 2.57 bits per heavy atom. The lowest BCUT2D eigenvalue weighted by Crippen LogP contribution is -2.44. The van der Waals surface area contributed by atoms with Gasteiger partial charge in [-0.2, -0.15) is 0 Å². The molecule has 150 valence electrons. The molecule has 1 saturated heterocycles. The molecule has 6 heteroatoms. The van der Waals surface area contributed by atoms with Crippen LogP contribution in [-0.2, 0) is 20.6 Å². The van der Waals surface area contributed by atoms with E-state index in [2.05, 4.69) is 5.32 Å². The van der Waals surface area contributed by atoms with Crippen molar-refractivity contribution < 1.29 is 13.2 Å². The van der Waals surface area contributed by atoms with Gasteiger partial charge in [-0.1, -0.05) is 42.0 Å². The predicted molar refractivity (Wildman–Crippen MR) is 113 cm³/mol. The van der Waals surface area contributed by atoms with Gasteiger partial charge >= 0.3 is 0 Å². The van der Waals surface area contributed by atoms with E-state index >= 15 is 0 Å². The molecule has 5 nitrogen and oxygen atoms in total. The van der Waals surface area contributed by atoms with Crippen molar-refractivity contribution in [1.29, 1.82) is 0 Å². The number of carbonyl (C=O) groups excluding carboxylic acids is 1. The molecule has 1 fully saturated rings. The molecule has 3 rings (SSSR count). The van der Waals surface area contributed by atoms with E-state index in [0.29, 0.717) is 19.4 Å². The first-order valence-electron chi connectivity index (χ1n) is 9.67. The molecule has 0 unspecified atom stereocenters. The van der Waals surface area contributed by atoms with Crippen molar-refractivity contribution in [3.63, 3.8) is 0 Å². The third-order valence-electron chi connectivity index (χ3n) is 5.39. The van der Waals surface area contributed by atoms with Gasteiger partial charge in [0.05, 0.1) is 11.7 Å². The third kappa shape index (κ3) is 4.80. The molecule has 1 aliphatic rings. The van der Waals surface area contributed by atoms with Crippen molar-refractivity contribution in [3.8, 4) is 0 Å². The summed E-state index contributed by atoms with van der Waals surface area (Å²) >= 11 is 0. The molecule has 0 saturated carbocycles. The minimum absolute atomic E-state index is 0.0227. The molecule has 1 amide bonds. The van der Waals surface area contributed by atoms with Crippen molar-refractivity contribution in [3.05, 3.63) is 64.7 Å². The number of anilines is 1. The summed E-state index contributed by atoms with van der Waals surface area (Å²) in [6, 6.07) is 13.4. The fourth-order valence-corrected chi connectivity index (χ4v) is 5.37. The zero-order valence-electron chi connectivity index (χ0n) is 16.7. The monoisotopic (exact) mass is 400 g/mol. The zero-order valence-corrected chi connectivity index (χ0v) is 17.6. The maximum atomic E-state index is 12.9. The van der Waals surface area contributed by atoms with Crippen LogP contribution in [0.3, 0.4) is 0 Å². The van der Waals surface area contributed by atoms with Gasteiger partial charge in [0.2, 0.25) is 15.9 Å². The summed E-state index contributed by atoms with van der Waals surface area (Å²) in [6.45, 7) is 6.60. The van der Waals surface area contributed by atoms with Crippen LogP contribution < -0.4 is 5.32 Å². The van der Waals surface area contributed by atoms with Crippen LogP contribution in [0.1, 0.15) is 35.1 Å². The highest BCUT2D eigenvalue weighted by molar-refractivity contribution is 7.88. The fourth-order valence-electron chi connectivity index (χ4n) is 3.66. The Balaban J connectivity index is 1.69. The number of carbonyl (C=O) groups is 1. The average molecular weight is 401 g/mol. The first kappa shape index (κ1) is 20.6.